The third-order valence-corrected chi connectivity index (χ3v) is 5.10. The highest BCUT2D eigenvalue weighted by Gasteiger charge is 2.22. The number of aromatic amines is 1. The summed E-state index contributed by atoms with van der Waals surface area (Å²) >= 11 is 7.51. The maximum Gasteiger partial charge on any atom is 0.0686 e. The fraction of sp³-hybridized carbons (Fsp3) is 0.350. The highest BCUT2D eigenvalue weighted by molar-refractivity contribution is 7.96. The average Bonchev–Trinajstić information content (AvgIpc) is 3.11. The van der Waals surface area contributed by atoms with Gasteiger partial charge in [0, 0.05) is 29.2 Å². The van der Waals surface area contributed by atoms with E-state index in [-0.39, 0.29) is 0 Å². The Balaban J connectivity index is 0.000000613. The largest absolute Gasteiger partial charge is 0.371 e. The number of rotatable bonds is 2. The maximum atomic E-state index is 6.26. The molecule has 0 radical (unpaired) electrons. The van der Waals surface area contributed by atoms with Gasteiger partial charge in [-0.2, -0.15) is 5.10 Å². The molecular formula is C20H25ClN4S. The number of hydrogen-bond donors (Lipinski definition) is 2. The molecule has 6 heteroatoms. The number of nitrogens with two attached hydrogens (primary N) is 1. The summed E-state index contributed by atoms with van der Waals surface area (Å²) in [5, 5.41) is 13.9. The summed E-state index contributed by atoms with van der Waals surface area (Å²) in [6, 6.07) is 13.0. The van der Waals surface area contributed by atoms with Gasteiger partial charge in [-0.15, -0.1) is 0 Å². The lowest BCUT2D eigenvalue weighted by molar-refractivity contribution is 0.506. The fourth-order valence-electron chi connectivity index (χ4n) is 3.55. The summed E-state index contributed by atoms with van der Waals surface area (Å²) in [4.78, 5) is 2.44. The van der Waals surface area contributed by atoms with E-state index >= 15 is 0 Å². The molecule has 3 N–H and O–H groups in total. The number of piperidine rings is 1. The van der Waals surface area contributed by atoms with Gasteiger partial charge in [-0.25, -0.2) is 0 Å². The topological polar surface area (TPSA) is 57.9 Å². The van der Waals surface area contributed by atoms with E-state index in [9.17, 15) is 0 Å². The van der Waals surface area contributed by atoms with E-state index in [0.717, 1.165) is 29.0 Å². The second kappa shape index (κ2) is 8.80. The van der Waals surface area contributed by atoms with Gasteiger partial charge in [0.1, 0.15) is 0 Å². The van der Waals surface area contributed by atoms with Crippen LogP contribution >= 0.6 is 23.5 Å². The first kappa shape index (κ1) is 19.1. The molecule has 3 aromatic rings. The quantitative estimate of drug-likeness (QED) is 0.597. The van der Waals surface area contributed by atoms with Gasteiger partial charge in [0.2, 0.25) is 0 Å². The highest BCUT2D eigenvalue weighted by atomic mass is 35.5. The summed E-state index contributed by atoms with van der Waals surface area (Å²) < 4.78 is 0. The maximum absolute atomic E-state index is 6.26. The lowest BCUT2D eigenvalue weighted by atomic mass is 9.89. The first-order chi connectivity index (χ1) is 12.6. The minimum absolute atomic E-state index is 0.658. The third-order valence-electron chi connectivity index (χ3n) is 4.89. The Morgan fingerprint density at radius 1 is 1.19 bits per heavy atom. The molecule has 0 aliphatic carbocycles. The van der Waals surface area contributed by atoms with Crippen LogP contribution in [0.1, 0.15) is 29.9 Å². The summed E-state index contributed by atoms with van der Waals surface area (Å²) in [5.41, 5.74) is 5.00. The van der Waals surface area contributed by atoms with E-state index in [1.54, 1.807) is 0 Å². The molecule has 1 aliphatic rings. The lowest BCUT2D eigenvalue weighted by Crippen LogP contribution is -2.33. The number of fused-ring (bicyclic) bond motifs is 1. The van der Waals surface area contributed by atoms with E-state index in [1.165, 1.54) is 41.6 Å². The number of anilines is 1. The SMILES string of the molecule is CSN.Cc1ccc(C2CCN(c3cc(Cl)cc4[nH]ncc34)CC2)cc1. The van der Waals surface area contributed by atoms with Crippen molar-refractivity contribution in [1.82, 2.24) is 10.2 Å². The fourth-order valence-corrected chi connectivity index (χ4v) is 3.76. The molecule has 2 aromatic carbocycles. The highest BCUT2D eigenvalue weighted by Crippen LogP contribution is 2.35. The van der Waals surface area contributed by atoms with Crippen molar-refractivity contribution in [2.75, 3.05) is 24.2 Å². The van der Waals surface area contributed by atoms with Crippen molar-refractivity contribution < 1.29 is 0 Å². The molecule has 1 aliphatic heterocycles. The number of halogens is 1. The van der Waals surface area contributed by atoms with Crippen LogP contribution in [0.4, 0.5) is 5.69 Å². The van der Waals surface area contributed by atoms with Gasteiger partial charge in [-0.1, -0.05) is 53.4 Å². The summed E-state index contributed by atoms with van der Waals surface area (Å²) in [6.07, 6.45) is 6.07. The zero-order valence-electron chi connectivity index (χ0n) is 15.2. The van der Waals surface area contributed by atoms with Crippen LogP contribution in [0.2, 0.25) is 5.02 Å². The molecule has 0 bridgehead atoms. The number of H-pyrrole nitrogens is 1. The van der Waals surface area contributed by atoms with Crippen LogP contribution in [0.15, 0.2) is 42.6 Å². The Hall–Kier alpha value is -1.69. The Morgan fingerprint density at radius 2 is 1.85 bits per heavy atom. The van der Waals surface area contributed by atoms with Crippen molar-refractivity contribution >= 4 is 40.1 Å². The summed E-state index contributed by atoms with van der Waals surface area (Å²) in [6.45, 7) is 4.25. The van der Waals surface area contributed by atoms with Crippen LogP contribution < -0.4 is 10.0 Å². The average molecular weight is 389 g/mol. The van der Waals surface area contributed by atoms with E-state index in [4.69, 9.17) is 16.7 Å². The number of benzene rings is 2. The van der Waals surface area contributed by atoms with Crippen molar-refractivity contribution in [2.45, 2.75) is 25.7 Å². The van der Waals surface area contributed by atoms with Gasteiger partial charge in [0.15, 0.2) is 0 Å². The molecule has 0 spiro atoms. The van der Waals surface area contributed by atoms with Crippen LogP contribution in [0, 0.1) is 6.92 Å². The number of nitrogens with one attached hydrogen (secondary N) is 1. The monoisotopic (exact) mass is 388 g/mol. The lowest BCUT2D eigenvalue weighted by Gasteiger charge is -2.34. The van der Waals surface area contributed by atoms with E-state index in [0.29, 0.717) is 5.92 Å². The molecule has 138 valence electrons. The molecule has 0 saturated carbocycles. The molecule has 0 atom stereocenters. The zero-order valence-corrected chi connectivity index (χ0v) is 16.8. The van der Waals surface area contributed by atoms with Gasteiger partial charge < -0.3 is 4.90 Å². The Labute approximate surface area is 164 Å². The normalized spacial score (nSPS) is 15.0. The number of aromatic nitrogens is 2. The second-order valence-corrected chi connectivity index (χ2v) is 7.57. The van der Waals surface area contributed by atoms with E-state index < -0.39 is 0 Å². The van der Waals surface area contributed by atoms with Crippen LogP contribution in [-0.2, 0) is 0 Å². The van der Waals surface area contributed by atoms with E-state index in [1.807, 2.05) is 18.5 Å². The van der Waals surface area contributed by atoms with Crippen molar-refractivity contribution in [3.8, 4) is 0 Å². The molecule has 1 fully saturated rings. The molecule has 1 aromatic heterocycles. The molecule has 1 saturated heterocycles. The summed E-state index contributed by atoms with van der Waals surface area (Å²) in [7, 11) is 0. The molecule has 26 heavy (non-hydrogen) atoms. The Morgan fingerprint density at radius 3 is 2.50 bits per heavy atom. The van der Waals surface area contributed by atoms with Gasteiger partial charge in [0.05, 0.1) is 11.7 Å². The molecule has 0 amide bonds. The third kappa shape index (κ3) is 4.34. The predicted octanol–water partition coefficient (Wildman–Crippen LogP) is 5.13. The first-order valence-corrected chi connectivity index (χ1v) is 10.5. The standard InChI is InChI=1S/C19H20ClN3.CH5NS/c1-13-2-4-14(5-3-13)15-6-8-23(9-7-15)19-11-16(20)10-18-17(19)12-21-22-18;1-3-2/h2-5,10-12,15H,6-9H2,1H3,(H,21,22);2H2,1H3. The smallest absolute Gasteiger partial charge is 0.0686 e. The minimum atomic E-state index is 0.658. The zero-order chi connectivity index (χ0) is 18.5. The van der Waals surface area contributed by atoms with Gasteiger partial charge in [0.25, 0.3) is 0 Å². The number of hydrogen-bond acceptors (Lipinski definition) is 4. The molecule has 0 unspecified atom stereocenters. The second-order valence-electron chi connectivity index (χ2n) is 6.66. The van der Waals surface area contributed by atoms with Crippen molar-refractivity contribution in [2.24, 2.45) is 5.14 Å². The van der Waals surface area contributed by atoms with Crippen LogP contribution in [0.5, 0.6) is 0 Å². The molecule has 4 nitrogen and oxygen atoms in total. The van der Waals surface area contributed by atoms with Gasteiger partial charge in [-0.3, -0.25) is 10.2 Å². The first-order valence-electron chi connectivity index (χ1n) is 8.79. The molecule has 4 rings (SSSR count). The van der Waals surface area contributed by atoms with E-state index in [2.05, 4.69) is 52.4 Å². The predicted molar refractivity (Wildman–Crippen MR) is 114 cm³/mol. The van der Waals surface area contributed by atoms with Crippen LogP contribution in [0.3, 0.4) is 0 Å². The van der Waals surface area contributed by atoms with Crippen molar-refractivity contribution in [3.05, 3.63) is 58.7 Å². The van der Waals surface area contributed by atoms with Gasteiger partial charge >= 0.3 is 0 Å². The van der Waals surface area contributed by atoms with Crippen molar-refractivity contribution in [1.29, 1.82) is 0 Å². The summed E-state index contributed by atoms with van der Waals surface area (Å²) in [5.74, 6) is 0.658. The Bertz CT molecular complexity index is 839. The van der Waals surface area contributed by atoms with Crippen LogP contribution in [-0.4, -0.2) is 29.5 Å². The number of aryl methyl sites for hydroxylation is 1. The molecular weight excluding hydrogens is 364 g/mol. The molecule has 2 heterocycles. The Kier molecular flexibility index (Phi) is 6.46. The van der Waals surface area contributed by atoms with Crippen molar-refractivity contribution in [3.63, 3.8) is 0 Å². The number of nitrogens with zero attached hydrogens (tertiary/aromatic N) is 2. The van der Waals surface area contributed by atoms with Crippen LogP contribution in [0.25, 0.3) is 10.9 Å². The van der Waals surface area contributed by atoms with Gasteiger partial charge in [-0.05, 0) is 49.6 Å². The minimum Gasteiger partial charge on any atom is -0.371 e.